The summed E-state index contributed by atoms with van der Waals surface area (Å²) in [6, 6.07) is 9.59. The Labute approximate surface area is 158 Å². The molecule has 27 heavy (non-hydrogen) atoms. The van der Waals surface area contributed by atoms with E-state index in [9.17, 15) is 4.79 Å². The number of hydrogen-bond acceptors (Lipinski definition) is 5. The number of amides is 1. The van der Waals surface area contributed by atoms with Gasteiger partial charge in [0.2, 0.25) is 5.91 Å². The molecule has 0 radical (unpaired) electrons. The highest BCUT2D eigenvalue weighted by Gasteiger charge is 2.17. The summed E-state index contributed by atoms with van der Waals surface area (Å²) < 4.78 is 7.40. The summed E-state index contributed by atoms with van der Waals surface area (Å²) in [5, 5.41) is 4.46. The van der Waals surface area contributed by atoms with Gasteiger partial charge in [0.25, 0.3) is 0 Å². The van der Waals surface area contributed by atoms with Crippen molar-refractivity contribution in [3.8, 4) is 28.3 Å². The van der Waals surface area contributed by atoms with Crippen LogP contribution in [0.5, 0.6) is 5.75 Å². The fraction of sp³-hybridized carbons (Fsp3) is 0.300. The molecule has 2 aromatic heterocycles. The lowest BCUT2D eigenvalue weighted by Crippen LogP contribution is -2.16. The first-order chi connectivity index (χ1) is 12.9. The van der Waals surface area contributed by atoms with Crippen LogP contribution in [0.4, 0.5) is 0 Å². The summed E-state index contributed by atoms with van der Waals surface area (Å²) in [4.78, 5) is 20.6. The number of carbonyl (C=O) groups excluding carboxylic acids is 1. The van der Waals surface area contributed by atoms with E-state index in [0.717, 1.165) is 34.0 Å². The molecule has 0 bridgehead atoms. The maximum absolute atomic E-state index is 11.4. The Morgan fingerprint density at radius 1 is 1.19 bits per heavy atom. The van der Waals surface area contributed by atoms with Gasteiger partial charge < -0.3 is 10.5 Å². The van der Waals surface area contributed by atoms with Gasteiger partial charge in [0.15, 0.2) is 0 Å². The molecule has 0 unspecified atom stereocenters. The second-order valence-corrected chi connectivity index (χ2v) is 6.33. The van der Waals surface area contributed by atoms with Gasteiger partial charge in [0.1, 0.15) is 11.6 Å². The number of ether oxygens (including phenoxy) is 1. The molecule has 0 atom stereocenters. The lowest BCUT2D eigenvalue weighted by Gasteiger charge is -2.10. The molecule has 0 aliphatic rings. The largest absolute Gasteiger partial charge is 0.494 e. The molecule has 0 aliphatic heterocycles. The molecule has 7 nitrogen and oxygen atoms in total. The van der Waals surface area contributed by atoms with E-state index < -0.39 is 5.91 Å². The van der Waals surface area contributed by atoms with Gasteiger partial charge >= 0.3 is 0 Å². The van der Waals surface area contributed by atoms with Gasteiger partial charge in [0.05, 0.1) is 30.1 Å². The highest BCUT2D eigenvalue weighted by Crippen LogP contribution is 2.29. The minimum Gasteiger partial charge on any atom is -0.494 e. The number of primary amides is 1. The summed E-state index contributed by atoms with van der Waals surface area (Å²) in [6.45, 7) is 6.45. The van der Waals surface area contributed by atoms with Crippen molar-refractivity contribution in [2.45, 2.75) is 27.2 Å². The van der Waals surface area contributed by atoms with Crippen LogP contribution in [0.1, 0.15) is 24.1 Å². The third-order valence-corrected chi connectivity index (χ3v) is 4.31. The number of carbonyl (C=O) groups is 1. The van der Waals surface area contributed by atoms with E-state index in [1.54, 1.807) is 0 Å². The minimum atomic E-state index is -0.471. The maximum atomic E-state index is 11.4. The van der Waals surface area contributed by atoms with Gasteiger partial charge in [0, 0.05) is 23.9 Å². The molecule has 0 aliphatic carbocycles. The second kappa shape index (κ2) is 7.57. The fourth-order valence-electron chi connectivity index (χ4n) is 3.06. The molecule has 2 N–H and O–H groups in total. The Morgan fingerprint density at radius 3 is 2.56 bits per heavy atom. The Bertz CT molecular complexity index is 994. The number of benzene rings is 1. The van der Waals surface area contributed by atoms with E-state index in [1.165, 1.54) is 0 Å². The van der Waals surface area contributed by atoms with E-state index in [2.05, 4.69) is 15.1 Å². The summed E-state index contributed by atoms with van der Waals surface area (Å²) >= 11 is 0. The van der Waals surface area contributed by atoms with Crippen LogP contribution in [-0.4, -0.2) is 32.3 Å². The number of hydrogen-bond donors (Lipinski definition) is 1. The topological polar surface area (TPSA) is 95.9 Å². The van der Waals surface area contributed by atoms with E-state index in [1.807, 2.05) is 62.8 Å². The van der Waals surface area contributed by atoms with Crippen molar-refractivity contribution in [2.75, 3.05) is 6.61 Å². The van der Waals surface area contributed by atoms with Crippen molar-refractivity contribution in [3.63, 3.8) is 0 Å². The third kappa shape index (κ3) is 3.97. The Morgan fingerprint density at radius 2 is 1.93 bits per heavy atom. The van der Waals surface area contributed by atoms with Crippen molar-refractivity contribution < 1.29 is 9.53 Å². The molecule has 0 saturated carbocycles. The second-order valence-electron chi connectivity index (χ2n) is 6.33. The van der Waals surface area contributed by atoms with Crippen LogP contribution in [0, 0.1) is 13.8 Å². The zero-order valence-electron chi connectivity index (χ0n) is 16.0. The molecule has 2 heterocycles. The zero-order valence-corrected chi connectivity index (χ0v) is 16.0. The van der Waals surface area contributed by atoms with E-state index in [4.69, 9.17) is 10.5 Å². The SMILES string of the molecule is CCOc1cccc(-c2cc(-c3c(C)nn(C)c3C)nc(CC(N)=O)n2)c1. The fourth-order valence-corrected chi connectivity index (χ4v) is 3.06. The van der Waals surface area contributed by atoms with E-state index in [0.29, 0.717) is 18.1 Å². The molecule has 140 valence electrons. The number of rotatable bonds is 6. The monoisotopic (exact) mass is 365 g/mol. The van der Waals surface area contributed by atoms with Crippen LogP contribution in [0.3, 0.4) is 0 Å². The highest BCUT2D eigenvalue weighted by atomic mass is 16.5. The number of aryl methyl sites for hydroxylation is 2. The average Bonchev–Trinajstić information content (AvgIpc) is 2.87. The van der Waals surface area contributed by atoms with Crippen LogP contribution in [0.25, 0.3) is 22.5 Å². The van der Waals surface area contributed by atoms with Crippen molar-refractivity contribution >= 4 is 5.91 Å². The summed E-state index contributed by atoms with van der Waals surface area (Å²) in [7, 11) is 1.89. The van der Waals surface area contributed by atoms with Crippen LogP contribution in [0.2, 0.25) is 0 Å². The van der Waals surface area contributed by atoms with Gasteiger partial charge in [-0.3, -0.25) is 9.48 Å². The summed E-state index contributed by atoms with van der Waals surface area (Å²) in [6.07, 6.45) is -0.0235. The molecule has 7 heteroatoms. The lowest BCUT2D eigenvalue weighted by molar-refractivity contribution is -0.117. The molecular weight excluding hydrogens is 342 g/mol. The van der Waals surface area contributed by atoms with E-state index >= 15 is 0 Å². The van der Waals surface area contributed by atoms with Gasteiger partial charge in [-0.2, -0.15) is 5.10 Å². The Balaban J connectivity index is 2.17. The van der Waals surface area contributed by atoms with Gasteiger partial charge in [-0.05, 0) is 39.0 Å². The molecule has 3 aromatic rings. The number of nitrogens with two attached hydrogens (primary N) is 1. The van der Waals surface area contributed by atoms with Gasteiger partial charge in [-0.25, -0.2) is 9.97 Å². The normalized spacial score (nSPS) is 10.8. The summed E-state index contributed by atoms with van der Waals surface area (Å²) in [5.41, 5.74) is 10.5. The lowest BCUT2D eigenvalue weighted by atomic mass is 10.1. The third-order valence-electron chi connectivity index (χ3n) is 4.31. The molecule has 0 fully saturated rings. The van der Waals surface area contributed by atoms with Crippen LogP contribution < -0.4 is 10.5 Å². The quantitative estimate of drug-likeness (QED) is 0.724. The predicted octanol–water partition coefficient (Wildman–Crippen LogP) is 2.59. The minimum absolute atomic E-state index is 0.0235. The Kier molecular flexibility index (Phi) is 5.21. The molecule has 0 saturated heterocycles. The molecule has 3 rings (SSSR count). The van der Waals surface area contributed by atoms with Crippen molar-refractivity contribution in [1.82, 2.24) is 19.7 Å². The molecule has 1 amide bonds. The number of nitrogens with zero attached hydrogens (tertiary/aromatic N) is 4. The molecule has 1 aromatic carbocycles. The smallest absolute Gasteiger partial charge is 0.225 e. The molecule has 0 spiro atoms. The van der Waals surface area contributed by atoms with E-state index in [-0.39, 0.29) is 6.42 Å². The Hall–Kier alpha value is -3.22. The van der Waals surface area contributed by atoms with Crippen molar-refractivity contribution in [1.29, 1.82) is 0 Å². The first kappa shape index (κ1) is 18.6. The first-order valence-corrected chi connectivity index (χ1v) is 8.79. The summed E-state index contributed by atoms with van der Waals surface area (Å²) in [5.74, 6) is 0.681. The maximum Gasteiger partial charge on any atom is 0.225 e. The first-order valence-electron chi connectivity index (χ1n) is 8.79. The molecular formula is C20H23N5O2. The zero-order chi connectivity index (χ0) is 19.6. The predicted molar refractivity (Wildman–Crippen MR) is 103 cm³/mol. The van der Waals surface area contributed by atoms with Gasteiger partial charge in [-0.1, -0.05) is 12.1 Å². The van der Waals surface area contributed by atoms with Gasteiger partial charge in [-0.15, -0.1) is 0 Å². The van der Waals surface area contributed by atoms with Crippen LogP contribution in [-0.2, 0) is 18.3 Å². The standard InChI is InChI=1S/C20H23N5O2/c1-5-27-15-8-6-7-14(9-15)16-10-17(23-19(22-16)11-18(21)26)20-12(2)24-25(4)13(20)3/h6-10H,5,11H2,1-4H3,(H2,21,26). The number of aromatic nitrogens is 4. The van der Waals surface area contributed by atoms with Crippen LogP contribution in [0.15, 0.2) is 30.3 Å². The van der Waals surface area contributed by atoms with Crippen molar-refractivity contribution in [3.05, 3.63) is 47.5 Å². The van der Waals surface area contributed by atoms with Crippen molar-refractivity contribution in [2.24, 2.45) is 12.8 Å². The highest BCUT2D eigenvalue weighted by molar-refractivity contribution is 5.77. The van der Waals surface area contributed by atoms with Crippen LogP contribution >= 0.6 is 0 Å². The average molecular weight is 365 g/mol.